The van der Waals surface area contributed by atoms with Gasteiger partial charge in [-0.15, -0.1) is 0 Å². The molecular formula is C13H16IN2PS. The molecule has 0 radical (unpaired) electrons. The van der Waals surface area contributed by atoms with E-state index in [1.165, 1.54) is 16.5 Å². The largest absolute Gasteiger partial charge is 0.237 e. The third kappa shape index (κ3) is 3.01. The first-order chi connectivity index (χ1) is 8.42. The molecule has 0 aliphatic heterocycles. The summed E-state index contributed by atoms with van der Waals surface area (Å²) in [6.07, 6.45) is 9.22. The minimum Gasteiger partial charge on any atom is -0.237 e. The van der Waals surface area contributed by atoms with Crippen LogP contribution in [0.3, 0.4) is 0 Å². The quantitative estimate of drug-likeness (QED) is 0.407. The van der Waals surface area contributed by atoms with Crippen LogP contribution in [0.15, 0.2) is 18.3 Å². The van der Waals surface area contributed by atoms with Crippen molar-refractivity contribution in [2.45, 2.75) is 6.92 Å². The van der Waals surface area contributed by atoms with Gasteiger partial charge in [0.15, 0.2) is 0 Å². The highest BCUT2D eigenvalue weighted by atomic mass is 127. The lowest BCUT2D eigenvalue weighted by Crippen LogP contribution is -1.88. The summed E-state index contributed by atoms with van der Waals surface area (Å²) in [5.74, 6) is 3.32. The van der Waals surface area contributed by atoms with Crippen LogP contribution in [0.1, 0.15) is 11.1 Å². The zero-order valence-electron chi connectivity index (χ0n) is 10.9. The second-order valence-electron chi connectivity index (χ2n) is 4.88. The van der Waals surface area contributed by atoms with Crippen LogP contribution in [0.4, 0.5) is 0 Å². The van der Waals surface area contributed by atoms with Gasteiger partial charge in [0.2, 0.25) is 0 Å². The van der Waals surface area contributed by atoms with E-state index in [2.05, 4.69) is 76.1 Å². The fourth-order valence-corrected chi connectivity index (χ4v) is 3.61. The lowest BCUT2D eigenvalue weighted by atomic mass is 10.1. The fourth-order valence-electron chi connectivity index (χ4n) is 1.65. The van der Waals surface area contributed by atoms with E-state index in [1.807, 2.05) is 10.6 Å². The molecule has 18 heavy (non-hydrogen) atoms. The fraction of sp³-hybridized carbons (Fsp3) is 0.308. The van der Waals surface area contributed by atoms with Gasteiger partial charge in [0.1, 0.15) is 0 Å². The van der Waals surface area contributed by atoms with Crippen LogP contribution in [0.5, 0.6) is 0 Å². The van der Waals surface area contributed by atoms with E-state index < -0.39 is 10.0 Å². The summed E-state index contributed by atoms with van der Waals surface area (Å²) >= 11 is 2.35. The number of halogens is 1. The average molecular weight is 390 g/mol. The third-order valence-electron chi connectivity index (χ3n) is 2.59. The Balaban J connectivity index is 2.55. The van der Waals surface area contributed by atoms with E-state index in [-0.39, 0.29) is 0 Å². The van der Waals surface area contributed by atoms with Gasteiger partial charge in [0.25, 0.3) is 0 Å². The summed E-state index contributed by atoms with van der Waals surface area (Å²) in [6.45, 7) is 2.13. The first-order valence-electron chi connectivity index (χ1n) is 5.47. The molecule has 0 aliphatic carbocycles. The highest BCUT2D eigenvalue weighted by molar-refractivity contribution is 14.2. The summed E-state index contributed by atoms with van der Waals surface area (Å²) in [5.41, 5.74) is 3.57. The molecule has 0 fully saturated rings. The topological polar surface area (TPSA) is 17.8 Å². The molecule has 2 nitrogen and oxygen atoms in total. The van der Waals surface area contributed by atoms with Crippen molar-refractivity contribution in [2.75, 3.05) is 18.8 Å². The normalized spacial score (nSPS) is 12.9. The molecule has 1 heterocycles. The summed E-state index contributed by atoms with van der Waals surface area (Å²) in [7, 11) is -0.774. The molecule has 1 unspecified atom stereocenters. The number of fused-ring (bicyclic) bond motifs is 1. The lowest BCUT2D eigenvalue weighted by molar-refractivity contribution is 1.04. The van der Waals surface area contributed by atoms with Gasteiger partial charge < -0.3 is 0 Å². The smallest absolute Gasteiger partial charge is 0.0732 e. The molecule has 0 N–H and O–H groups in total. The monoisotopic (exact) mass is 390 g/mol. The van der Waals surface area contributed by atoms with Gasteiger partial charge in [-0.05, 0) is 70.7 Å². The van der Waals surface area contributed by atoms with Crippen LogP contribution >= 0.6 is 38.4 Å². The predicted molar refractivity (Wildman–Crippen MR) is 94.4 cm³/mol. The molecule has 0 saturated heterocycles. The molecule has 0 bridgehead atoms. The number of aromatic nitrogens is 2. The maximum atomic E-state index is 4.40. The summed E-state index contributed by atoms with van der Waals surface area (Å²) in [5, 5.41) is 8.99. The zero-order valence-corrected chi connectivity index (χ0v) is 14.9. The lowest BCUT2D eigenvalue weighted by Gasteiger charge is -2.15. The maximum Gasteiger partial charge on any atom is 0.0732 e. The van der Waals surface area contributed by atoms with Crippen LogP contribution in [0.25, 0.3) is 10.9 Å². The van der Waals surface area contributed by atoms with Crippen LogP contribution in [-0.4, -0.2) is 28.3 Å². The van der Waals surface area contributed by atoms with Gasteiger partial charge in [0, 0.05) is 10.9 Å². The van der Waals surface area contributed by atoms with Crippen molar-refractivity contribution in [2.24, 2.45) is 0 Å². The third-order valence-corrected chi connectivity index (χ3v) is 5.20. The Bertz CT molecular complexity index is 647. The number of hydrogen-bond donors (Lipinski definition) is 0. The van der Waals surface area contributed by atoms with Crippen molar-refractivity contribution < 1.29 is 0 Å². The Labute approximate surface area is 125 Å². The molecule has 1 aromatic carbocycles. The Kier molecular flexibility index (Phi) is 4.25. The number of aryl methyl sites for hydroxylation is 1. The molecule has 0 saturated carbocycles. The summed E-state index contributed by atoms with van der Waals surface area (Å²) < 4.78 is 2.04. The zero-order chi connectivity index (χ0) is 13.3. The Hall–Kier alpha value is -0.240. The molecule has 2 rings (SSSR count). The summed E-state index contributed by atoms with van der Waals surface area (Å²) in [4.78, 5) is 0. The number of hydrogen-bond acceptors (Lipinski definition) is 1. The number of nitrogens with zero attached hydrogens (tertiary/aromatic N) is 2. The van der Waals surface area contributed by atoms with Crippen molar-refractivity contribution in [1.82, 2.24) is 9.55 Å². The molecule has 2 aromatic rings. The molecule has 0 spiro atoms. The Morgan fingerprint density at radius 2 is 2.06 bits per heavy atom. The molecule has 0 amide bonds. The van der Waals surface area contributed by atoms with Gasteiger partial charge in [-0.25, -0.2) is 4.45 Å². The second-order valence-corrected chi connectivity index (χ2v) is 10.8. The molecular weight excluding hydrogens is 374 g/mol. The number of rotatable bonds is 1. The minimum absolute atomic E-state index is 0.637. The van der Waals surface area contributed by atoms with Crippen molar-refractivity contribution in [1.29, 1.82) is 0 Å². The minimum atomic E-state index is -0.774. The van der Waals surface area contributed by atoms with Gasteiger partial charge in [-0.3, -0.25) is 0 Å². The van der Waals surface area contributed by atoms with Crippen LogP contribution < -0.4 is 0 Å². The van der Waals surface area contributed by atoms with Crippen molar-refractivity contribution in [3.63, 3.8) is 0 Å². The second kappa shape index (κ2) is 5.40. The van der Waals surface area contributed by atoms with Gasteiger partial charge >= 0.3 is 0 Å². The highest BCUT2D eigenvalue weighted by Crippen LogP contribution is 2.33. The first-order valence-corrected chi connectivity index (χ1v) is 12.4. The van der Waals surface area contributed by atoms with E-state index in [4.69, 9.17) is 0 Å². The molecule has 96 valence electrons. The van der Waals surface area contributed by atoms with Crippen molar-refractivity contribution in [3.8, 4) is 11.2 Å². The Morgan fingerprint density at radius 1 is 1.33 bits per heavy atom. The van der Waals surface area contributed by atoms with Gasteiger partial charge in [-0.1, -0.05) is 5.92 Å². The standard InChI is InChI=1S/C13H16IN2PS/c1-10-11(7-8-18(2,3)4)5-6-13-12(10)9-15-16(13)17-14/h5-6,9,17H,1-4H3. The predicted octanol–water partition coefficient (Wildman–Crippen LogP) is 4.14. The van der Waals surface area contributed by atoms with Crippen molar-refractivity contribution >= 4 is 49.3 Å². The molecule has 1 atom stereocenters. The van der Waals surface area contributed by atoms with E-state index in [0.29, 0.717) is 6.37 Å². The van der Waals surface area contributed by atoms with Gasteiger partial charge in [-0.2, -0.15) is 15.1 Å². The van der Waals surface area contributed by atoms with Gasteiger partial charge in [0.05, 0.1) is 18.1 Å². The molecule has 0 aliphatic rings. The Morgan fingerprint density at radius 3 is 2.67 bits per heavy atom. The van der Waals surface area contributed by atoms with Crippen LogP contribution in [0, 0.1) is 18.1 Å². The van der Waals surface area contributed by atoms with E-state index in [1.54, 1.807) is 0 Å². The molecule has 5 heteroatoms. The highest BCUT2D eigenvalue weighted by Gasteiger charge is 2.07. The van der Waals surface area contributed by atoms with E-state index in [0.717, 1.165) is 5.56 Å². The first kappa shape index (κ1) is 14.2. The maximum absolute atomic E-state index is 4.40. The summed E-state index contributed by atoms with van der Waals surface area (Å²) in [6, 6.07) is 4.24. The van der Waals surface area contributed by atoms with Crippen molar-refractivity contribution in [3.05, 3.63) is 29.5 Å². The number of benzene rings is 1. The van der Waals surface area contributed by atoms with E-state index in [9.17, 15) is 0 Å². The van der Waals surface area contributed by atoms with Crippen LogP contribution in [0.2, 0.25) is 0 Å². The average Bonchev–Trinajstić information content (AvgIpc) is 2.70. The SMILES string of the molecule is Cc1c(C#CS(C)(C)C)ccc2c1cnn2PI. The molecule has 1 aromatic heterocycles. The van der Waals surface area contributed by atoms with Crippen LogP contribution in [-0.2, 0) is 0 Å². The van der Waals surface area contributed by atoms with E-state index >= 15 is 0 Å².